The molecule has 0 atom stereocenters. The first-order valence-corrected chi connectivity index (χ1v) is 3.40. The van der Waals surface area contributed by atoms with Crippen molar-refractivity contribution in [3.8, 4) is 0 Å². The largest absolute Gasteiger partial charge is 0.418 e. The van der Waals surface area contributed by atoms with Crippen LogP contribution in [-0.4, -0.2) is 4.98 Å². The van der Waals surface area contributed by atoms with Gasteiger partial charge in [0.2, 0.25) is 5.56 Å². The molecule has 1 rings (SSSR count). The highest BCUT2D eigenvalue weighted by Gasteiger charge is 2.35. The fraction of sp³-hybridized carbons (Fsp3) is 0.286. The minimum atomic E-state index is -4.89. The van der Waals surface area contributed by atoms with Gasteiger partial charge in [-0.15, -0.1) is 0 Å². The van der Waals surface area contributed by atoms with Crippen LogP contribution in [0.1, 0.15) is 17.6 Å². The molecule has 0 unspecified atom stereocenters. The van der Waals surface area contributed by atoms with Crippen molar-refractivity contribution in [1.29, 1.82) is 0 Å². The van der Waals surface area contributed by atoms with Gasteiger partial charge in [-0.2, -0.15) is 13.2 Å². The fourth-order valence-electron chi connectivity index (χ4n) is 0.913. The van der Waals surface area contributed by atoms with Crippen LogP contribution in [-0.2, 0) is 6.18 Å². The summed E-state index contributed by atoms with van der Waals surface area (Å²) in [5.74, 6) is 0. The zero-order valence-electron chi connectivity index (χ0n) is 6.53. The quantitative estimate of drug-likeness (QED) is 0.713. The van der Waals surface area contributed by atoms with Gasteiger partial charge in [-0.1, -0.05) is 0 Å². The second-order valence-electron chi connectivity index (χ2n) is 2.46. The second kappa shape index (κ2) is 3.39. The monoisotopic (exact) mass is 213 g/mol. The van der Waals surface area contributed by atoms with Gasteiger partial charge in [-0.05, 0) is 0 Å². The van der Waals surface area contributed by atoms with Crippen molar-refractivity contribution in [2.75, 3.05) is 0 Å². The van der Waals surface area contributed by atoms with E-state index in [0.29, 0.717) is 0 Å². The molecule has 7 heteroatoms. The number of pyridine rings is 1. The molecular formula is C7H4F5NO. The first-order chi connectivity index (χ1) is 6.32. The van der Waals surface area contributed by atoms with E-state index in [9.17, 15) is 26.7 Å². The van der Waals surface area contributed by atoms with Crippen molar-refractivity contribution in [2.45, 2.75) is 12.6 Å². The molecule has 0 bridgehead atoms. The van der Waals surface area contributed by atoms with Crippen LogP contribution in [0, 0.1) is 0 Å². The predicted octanol–water partition coefficient (Wildman–Crippen LogP) is 2.33. The molecule has 0 aromatic carbocycles. The average molecular weight is 213 g/mol. The molecule has 2 nitrogen and oxygen atoms in total. The second-order valence-corrected chi connectivity index (χ2v) is 2.46. The molecule has 0 amide bonds. The van der Waals surface area contributed by atoms with Crippen molar-refractivity contribution >= 4 is 0 Å². The molecule has 1 aromatic rings. The molecule has 0 aliphatic carbocycles. The third-order valence-corrected chi connectivity index (χ3v) is 1.50. The summed E-state index contributed by atoms with van der Waals surface area (Å²) in [5.41, 5.74) is -3.82. The molecule has 0 saturated heterocycles. The zero-order valence-corrected chi connectivity index (χ0v) is 6.53. The SMILES string of the molecule is O=c1cc(C(F)F)c(C(F)(F)F)c[nH]1. The molecule has 1 aromatic heterocycles. The minimum absolute atomic E-state index is 0.240. The van der Waals surface area contributed by atoms with E-state index in [1.165, 1.54) is 0 Å². The fourth-order valence-corrected chi connectivity index (χ4v) is 0.913. The van der Waals surface area contributed by atoms with Gasteiger partial charge in [0.25, 0.3) is 6.43 Å². The molecule has 78 valence electrons. The van der Waals surface area contributed by atoms with E-state index in [-0.39, 0.29) is 12.3 Å². The van der Waals surface area contributed by atoms with E-state index in [2.05, 4.69) is 0 Å². The van der Waals surface area contributed by atoms with E-state index in [1.54, 1.807) is 4.98 Å². The number of nitrogens with one attached hydrogen (secondary N) is 1. The lowest BCUT2D eigenvalue weighted by molar-refractivity contribution is -0.139. The van der Waals surface area contributed by atoms with E-state index in [1.807, 2.05) is 0 Å². The van der Waals surface area contributed by atoms with Crippen LogP contribution in [0.25, 0.3) is 0 Å². The number of halogens is 5. The Bertz CT molecular complexity index is 380. The van der Waals surface area contributed by atoms with Gasteiger partial charge in [0.1, 0.15) is 0 Å². The third kappa shape index (κ3) is 2.09. The van der Waals surface area contributed by atoms with Gasteiger partial charge in [-0.25, -0.2) is 8.78 Å². The molecule has 0 aliphatic rings. The van der Waals surface area contributed by atoms with Crippen molar-refractivity contribution in [3.05, 3.63) is 33.7 Å². The molecule has 1 N–H and O–H groups in total. The Morgan fingerprint density at radius 2 is 1.86 bits per heavy atom. The number of aromatic nitrogens is 1. The normalized spacial score (nSPS) is 12.1. The number of aromatic amines is 1. The first kappa shape index (κ1) is 10.7. The summed E-state index contributed by atoms with van der Waals surface area (Å²) in [6.45, 7) is 0. The van der Waals surface area contributed by atoms with Crippen molar-refractivity contribution in [1.82, 2.24) is 4.98 Å². The number of rotatable bonds is 1. The highest BCUT2D eigenvalue weighted by atomic mass is 19.4. The van der Waals surface area contributed by atoms with Crippen LogP contribution >= 0.6 is 0 Å². The van der Waals surface area contributed by atoms with Crippen LogP contribution in [0.2, 0.25) is 0 Å². The summed E-state index contributed by atoms with van der Waals surface area (Å²) >= 11 is 0. The molecular weight excluding hydrogens is 209 g/mol. The smallest absolute Gasteiger partial charge is 0.328 e. The Balaban J connectivity index is 3.37. The van der Waals surface area contributed by atoms with E-state index in [4.69, 9.17) is 0 Å². The van der Waals surface area contributed by atoms with Crippen LogP contribution in [0.15, 0.2) is 17.1 Å². The Morgan fingerprint density at radius 3 is 2.29 bits per heavy atom. The number of hydrogen-bond donors (Lipinski definition) is 1. The van der Waals surface area contributed by atoms with Crippen LogP contribution < -0.4 is 5.56 Å². The summed E-state index contributed by atoms with van der Waals surface area (Å²) in [4.78, 5) is 12.2. The lowest BCUT2D eigenvalue weighted by atomic mass is 10.1. The van der Waals surface area contributed by atoms with Crippen molar-refractivity contribution in [3.63, 3.8) is 0 Å². The number of alkyl halides is 5. The van der Waals surface area contributed by atoms with Crippen molar-refractivity contribution < 1.29 is 22.0 Å². The highest BCUT2D eigenvalue weighted by Crippen LogP contribution is 2.34. The first-order valence-electron chi connectivity index (χ1n) is 3.40. The van der Waals surface area contributed by atoms with Crippen LogP contribution in [0.4, 0.5) is 22.0 Å². The highest BCUT2D eigenvalue weighted by molar-refractivity contribution is 5.26. The topological polar surface area (TPSA) is 32.9 Å². The molecule has 1 heterocycles. The molecule has 14 heavy (non-hydrogen) atoms. The lowest BCUT2D eigenvalue weighted by Crippen LogP contribution is -2.15. The van der Waals surface area contributed by atoms with E-state index in [0.717, 1.165) is 0 Å². The maximum Gasteiger partial charge on any atom is 0.418 e. The minimum Gasteiger partial charge on any atom is -0.328 e. The van der Waals surface area contributed by atoms with Crippen LogP contribution in [0.3, 0.4) is 0 Å². The van der Waals surface area contributed by atoms with Gasteiger partial charge in [0.05, 0.1) is 5.56 Å². The van der Waals surface area contributed by atoms with Gasteiger partial charge in [0, 0.05) is 17.8 Å². The van der Waals surface area contributed by atoms with Gasteiger partial charge >= 0.3 is 6.18 Å². The predicted molar refractivity (Wildman–Crippen MR) is 37.0 cm³/mol. The number of hydrogen-bond acceptors (Lipinski definition) is 1. The Labute approximate surface area is 74.4 Å². The van der Waals surface area contributed by atoms with Gasteiger partial charge < -0.3 is 4.98 Å². The average Bonchev–Trinajstić information content (AvgIpc) is 2.01. The lowest BCUT2D eigenvalue weighted by Gasteiger charge is -2.10. The van der Waals surface area contributed by atoms with E-state index >= 15 is 0 Å². The van der Waals surface area contributed by atoms with Crippen molar-refractivity contribution in [2.24, 2.45) is 0 Å². The molecule has 0 radical (unpaired) electrons. The zero-order chi connectivity index (χ0) is 10.9. The molecule has 0 spiro atoms. The molecule has 0 aliphatic heterocycles. The van der Waals surface area contributed by atoms with Gasteiger partial charge in [-0.3, -0.25) is 4.79 Å². The Kier molecular flexibility index (Phi) is 2.59. The summed E-state index contributed by atoms with van der Waals surface area (Å²) in [5, 5.41) is 0. The standard InChI is InChI=1S/C7H4F5NO/c8-6(9)3-1-5(14)13-2-4(3)7(10,11)12/h1-2,6H,(H,13,14). The van der Waals surface area contributed by atoms with E-state index < -0.39 is 29.3 Å². The summed E-state index contributed by atoms with van der Waals surface area (Å²) < 4.78 is 60.4. The summed E-state index contributed by atoms with van der Waals surface area (Å²) in [7, 11) is 0. The van der Waals surface area contributed by atoms with Crippen LogP contribution in [0.5, 0.6) is 0 Å². The third-order valence-electron chi connectivity index (χ3n) is 1.50. The maximum atomic E-state index is 12.1. The summed E-state index contributed by atoms with van der Waals surface area (Å²) in [6, 6.07) is 0.244. The Hall–Kier alpha value is -1.40. The van der Waals surface area contributed by atoms with Gasteiger partial charge in [0.15, 0.2) is 0 Å². The number of H-pyrrole nitrogens is 1. The summed E-state index contributed by atoms with van der Waals surface area (Å²) in [6.07, 6.45) is -7.98. The molecule has 0 saturated carbocycles. The molecule has 0 fully saturated rings. The maximum absolute atomic E-state index is 12.1. The Morgan fingerprint density at radius 1 is 1.29 bits per heavy atom.